The highest BCUT2D eigenvalue weighted by molar-refractivity contribution is 9.10. The predicted octanol–water partition coefficient (Wildman–Crippen LogP) is 4.20. The number of hydrogen-bond acceptors (Lipinski definition) is 8. The molecule has 0 fully saturated rings. The summed E-state index contributed by atoms with van der Waals surface area (Å²) in [5.74, 6) is -1.04. The molecule has 0 spiro atoms. The van der Waals surface area contributed by atoms with Crippen LogP contribution in [0, 0.1) is 0 Å². The fraction of sp³-hybridized carbons (Fsp3) is 0.174. The summed E-state index contributed by atoms with van der Waals surface area (Å²) in [5, 5.41) is 7.51. The van der Waals surface area contributed by atoms with Crippen molar-refractivity contribution in [3.63, 3.8) is 0 Å². The normalized spacial score (nSPS) is 10.4. The molecule has 1 amide bonds. The Bertz CT molecular complexity index is 1230. The minimum absolute atomic E-state index is 0.0268. The van der Waals surface area contributed by atoms with Gasteiger partial charge in [-0.05, 0) is 30.3 Å². The van der Waals surface area contributed by atoms with Gasteiger partial charge in [-0.1, -0.05) is 45.9 Å². The molecule has 1 N–H and O–H groups in total. The lowest BCUT2D eigenvalue weighted by Crippen LogP contribution is -2.18. The maximum atomic E-state index is 12.6. The van der Waals surface area contributed by atoms with Crippen LogP contribution in [0.3, 0.4) is 0 Å². The molecule has 0 aliphatic carbocycles. The fourth-order valence-electron chi connectivity index (χ4n) is 2.94. The smallest absolute Gasteiger partial charge is 0.339 e. The monoisotopic (exact) mass is 544 g/mol. The summed E-state index contributed by atoms with van der Waals surface area (Å²) in [4.78, 5) is 41.1. The molecule has 0 radical (unpaired) electrons. The number of carbonyl (C=O) groups is 3. The van der Waals surface area contributed by atoms with Gasteiger partial charge in [-0.3, -0.25) is 4.79 Å². The first kappa shape index (κ1) is 25.2. The quantitative estimate of drug-likeness (QED) is 0.242. The number of esters is 2. The van der Waals surface area contributed by atoms with E-state index in [4.69, 9.17) is 9.47 Å². The van der Waals surface area contributed by atoms with E-state index in [1.165, 1.54) is 32.4 Å². The molecule has 0 aliphatic heterocycles. The SMILES string of the molecule is C=CCn1nc(SCC(=O)Nc2cc(C(=O)OC)ccc2C(=O)OC)nc1-c1ccc(Br)cc1. The van der Waals surface area contributed by atoms with Crippen LogP contribution >= 0.6 is 27.7 Å². The molecule has 0 unspecified atom stereocenters. The molecule has 0 saturated heterocycles. The Morgan fingerprint density at radius 1 is 1.12 bits per heavy atom. The molecule has 0 aliphatic rings. The van der Waals surface area contributed by atoms with Crippen LogP contribution < -0.4 is 5.32 Å². The predicted molar refractivity (Wildman–Crippen MR) is 132 cm³/mol. The highest BCUT2D eigenvalue weighted by Crippen LogP contribution is 2.25. The largest absolute Gasteiger partial charge is 0.465 e. The summed E-state index contributed by atoms with van der Waals surface area (Å²) in [6.07, 6.45) is 1.71. The Morgan fingerprint density at radius 3 is 2.47 bits per heavy atom. The van der Waals surface area contributed by atoms with E-state index in [-0.39, 0.29) is 22.6 Å². The van der Waals surface area contributed by atoms with Crippen molar-refractivity contribution >= 4 is 51.2 Å². The maximum Gasteiger partial charge on any atom is 0.339 e. The molecule has 11 heteroatoms. The van der Waals surface area contributed by atoms with Crippen molar-refractivity contribution in [1.29, 1.82) is 0 Å². The van der Waals surface area contributed by atoms with Gasteiger partial charge in [0.05, 0.1) is 43.3 Å². The number of nitrogens with zero attached hydrogens (tertiary/aromatic N) is 3. The van der Waals surface area contributed by atoms with Crippen LogP contribution in [0.2, 0.25) is 0 Å². The molecule has 0 saturated carbocycles. The van der Waals surface area contributed by atoms with Gasteiger partial charge in [0.1, 0.15) is 0 Å². The van der Waals surface area contributed by atoms with Crippen molar-refractivity contribution < 1.29 is 23.9 Å². The molecule has 1 heterocycles. The summed E-state index contributed by atoms with van der Waals surface area (Å²) in [6, 6.07) is 11.8. The Morgan fingerprint density at radius 2 is 1.82 bits per heavy atom. The van der Waals surface area contributed by atoms with Crippen LogP contribution in [0.4, 0.5) is 5.69 Å². The molecule has 2 aromatic carbocycles. The van der Waals surface area contributed by atoms with E-state index in [2.05, 4.69) is 37.9 Å². The second-order valence-corrected chi connectivity index (χ2v) is 8.63. The average molecular weight is 545 g/mol. The second kappa shape index (κ2) is 11.6. The van der Waals surface area contributed by atoms with E-state index in [0.717, 1.165) is 21.8 Å². The van der Waals surface area contributed by atoms with Gasteiger partial charge in [-0.15, -0.1) is 11.7 Å². The van der Waals surface area contributed by atoms with Crippen LogP contribution in [0.15, 0.2) is 64.7 Å². The first-order valence-electron chi connectivity index (χ1n) is 9.91. The van der Waals surface area contributed by atoms with E-state index in [9.17, 15) is 14.4 Å². The number of rotatable bonds is 9. The average Bonchev–Trinajstić information content (AvgIpc) is 3.25. The van der Waals surface area contributed by atoms with Crippen molar-refractivity contribution in [2.75, 3.05) is 25.3 Å². The molecule has 9 nitrogen and oxygen atoms in total. The zero-order valence-corrected chi connectivity index (χ0v) is 20.8. The zero-order chi connectivity index (χ0) is 24.7. The summed E-state index contributed by atoms with van der Waals surface area (Å²) in [7, 11) is 2.47. The van der Waals surface area contributed by atoms with Crippen LogP contribution in [0.1, 0.15) is 20.7 Å². The van der Waals surface area contributed by atoms with Gasteiger partial charge in [0.25, 0.3) is 0 Å². The topological polar surface area (TPSA) is 112 Å². The Balaban J connectivity index is 1.76. The molecule has 34 heavy (non-hydrogen) atoms. The number of ether oxygens (including phenoxy) is 2. The minimum atomic E-state index is -0.650. The third-order valence-corrected chi connectivity index (χ3v) is 5.88. The number of hydrogen-bond donors (Lipinski definition) is 1. The number of benzene rings is 2. The van der Waals surface area contributed by atoms with E-state index in [1.54, 1.807) is 10.8 Å². The van der Waals surface area contributed by atoms with Gasteiger partial charge in [-0.2, -0.15) is 0 Å². The van der Waals surface area contributed by atoms with E-state index in [1.807, 2.05) is 24.3 Å². The molecule has 3 rings (SSSR count). The molecule has 176 valence electrons. The van der Waals surface area contributed by atoms with Gasteiger partial charge in [0, 0.05) is 10.0 Å². The van der Waals surface area contributed by atoms with Gasteiger partial charge in [-0.25, -0.2) is 19.3 Å². The van der Waals surface area contributed by atoms with Crippen molar-refractivity contribution in [2.45, 2.75) is 11.7 Å². The Hall–Kier alpha value is -3.44. The zero-order valence-electron chi connectivity index (χ0n) is 18.4. The van der Waals surface area contributed by atoms with Crippen LogP contribution in [-0.4, -0.2) is 52.6 Å². The van der Waals surface area contributed by atoms with Gasteiger partial charge in [0.15, 0.2) is 5.82 Å². The number of nitrogens with one attached hydrogen (secondary N) is 1. The van der Waals surface area contributed by atoms with Crippen LogP contribution in [-0.2, 0) is 20.8 Å². The number of anilines is 1. The maximum absolute atomic E-state index is 12.6. The van der Waals surface area contributed by atoms with Gasteiger partial charge < -0.3 is 14.8 Å². The lowest BCUT2D eigenvalue weighted by molar-refractivity contribution is -0.113. The van der Waals surface area contributed by atoms with Crippen molar-refractivity contribution in [2.24, 2.45) is 0 Å². The first-order valence-corrected chi connectivity index (χ1v) is 11.7. The molecule has 3 aromatic rings. The molecule has 0 bridgehead atoms. The number of halogens is 1. The van der Waals surface area contributed by atoms with E-state index >= 15 is 0 Å². The summed E-state index contributed by atoms with van der Waals surface area (Å²) >= 11 is 4.55. The van der Waals surface area contributed by atoms with E-state index < -0.39 is 17.8 Å². The molecule has 0 atom stereocenters. The van der Waals surface area contributed by atoms with Crippen molar-refractivity contribution in [1.82, 2.24) is 14.8 Å². The first-order chi connectivity index (χ1) is 16.4. The summed E-state index contributed by atoms with van der Waals surface area (Å²) in [5.41, 5.74) is 1.30. The number of thioether (sulfide) groups is 1. The number of carbonyl (C=O) groups excluding carboxylic acids is 3. The van der Waals surface area contributed by atoms with Crippen molar-refractivity contribution in [3.8, 4) is 11.4 Å². The third-order valence-electron chi connectivity index (χ3n) is 4.51. The summed E-state index contributed by atoms with van der Waals surface area (Å²) in [6.45, 7) is 4.20. The Kier molecular flexibility index (Phi) is 8.61. The third kappa shape index (κ3) is 6.12. The van der Waals surface area contributed by atoms with Gasteiger partial charge >= 0.3 is 11.9 Å². The second-order valence-electron chi connectivity index (χ2n) is 6.78. The fourth-order valence-corrected chi connectivity index (χ4v) is 3.85. The minimum Gasteiger partial charge on any atom is -0.465 e. The van der Waals surface area contributed by atoms with Crippen molar-refractivity contribution in [3.05, 3.63) is 70.7 Å². The lowest BCUT2D eigenvalue weighted by atomic mass is 10.1. The molecular weight excluding hydrogens is 524 g/mol. The number of allylic oxidation sites excluding steroid dienone is 1. The van der Waals surface area contributed by atoms with E-state index in [0.29, 0.717) is 17.5 Å². The van der Waals surface area contributed by atoms with Crippen LogP contribution in [0.25, 0.3) is 11.4 Å². The van der Waals surface area contributed by atoms with Crippen LogP contribution in [0.5, 0.6) is 0 Å². The summed E-state index contributed by atoms with van der Waals surface area (Å²) < 4.78 is 12.1. The number of methoxy groups -OCH3 is 2. The number of aromatic nitrogens is 3. The Labute approximate surface area is 208 Å². The molecule has 1 aromatic heterocycles. The highest BCUT2D eigenvalue weighted by atomic mass is 79.9. The van der Waals surface area contributed by atoms with Gasteiger partial charge in [0.2, 0.25) is 11.1 Å². The lowest BCUT2D eigenvalue weighted by Gasteiger charge is -2.11. The highest BCUT2D eigenvalue weighted by Gasteiger charge is 2.18. The molecular formula is C23H21BrN4O5S. The standard InChI is InChI=1S/C23H21BrN4O5S/c1-4-11-28-20(14-5-8-16(24)9-6-14)26-23(27-28)34-13-19(29)25-18-12-15(21(30)32-2)7-10-17(18)22(31)33-3/h4-10,12H,1,11,13H2,2-3H3,(H,25,29). The number of amides is 1.